The standard InChI is InChI=1S/C56H33BO2/c1-2-16-34(17-3-1)53-41-24-10-12-26-43(41)54(44-27-13-11-25-42(44)53)40-23-9-8-22-39(40)45-28-14-29-48-56(45)59-51-31-15-30-50-55(51)57(48)49-32-46-37-20-6-4-18-35(37)36-19-5-7-21-38(36)47(46)33-52(49)58-50/h1-33H. The summed E-state index contributed by atoms with van der Waals surface area (Å²) >= 11 is 0. The summed E-state index contributed by atoms with van der Waals surface area (Å²) in [6.45, 7) is -0.0812. The van der Waals surface area contributed by atoms with Crippen LogP contribution in [0.1, 0.15) is 0 Å². The van der Waals surface area contributed by atoms with Crippen LogP contribution in [0.15, 0.2) is 200 Å². The molecule has 0 amide bonds. The largest absolute Gasteiger partial charge is 0.458 e. The Hall–Kier alpha value is -7.62. The highest BCUT2D eigenvalue weighted by molar-refractivity contribution is 6.98. The lowest BCUT2D eigenvalue weighted by atomic mass is 9.34. The molecule has 0 saturated heterocycles. The highest BCUT2D eigenvalue weighted by Crippen LogP contribution is 2.48. The van der Waals surface area contributed by atoms with Gasteiger partial charge in [-0.15, -0.1) is 0 Å². The minimum atomic E-state index is -0.0812. The molecular formula is C56H33BO2. The van der Waals surface area contributed by atoms with Gasteiger partial charge in [-0.3, -0.25) is 0 Å². The predicted octanol–water partition coefficient (Wildman–Crippen LogP) is 13.2. The van der Waals surface area contributed by atoms with Gasteiger partial charge in [-0.1, -0.05) is 182 Å². The van der Waals surface area contributed by atoms with Gasteiger partial charge in [0.2, 0.25) is 0 Å². The van der Waals surface area contributed by atoms with Gasteiger partial charge in [-0.2, -0.15) is 0 Å². The Morgan fingerprint density at radius 2 is 0.763 bits per heavy atom. The van der Waals surface area contributed by atoms with E-state index in [9.17, 15) is 0 Å². The average molecular weight is 749 g/mol. The predicted molar refractivity (Wildman–Crippen MR) is 248 cm³/mol. The fraction of sp³-hybridized carbons (Fsp3) is 0. The summed E-state index contributed by atoms with van der Waals surface area (Å²) in [6.07, 6.45) is 0. The second-order valence-corrected chi connectivity index (χ2v) is 15.8. The monoisotopic (exact) mass is 748 g/mol. The summed E-state index contributed by atoms with van der Waals surface area (Å²) in [5.41, 5.74) is 10.5. The molecule has 0 aromatic heterocycles. The van der Waals surface area contributed by atoms with E-state index in [0.717, 1.165) is 50.5 Å². The van der Waals surface area contributed by atoms with Crippen LogP contribution in [0.2, 0.25) is 0 Å². The molecule has 0 spiro atoms. The van der Waals surface area contributed by atoms with Crippen molar-refractivity contribution in [3.8, 4) is 56.4 Å². The highest BCUT2D eigenvalue weighted by Gasteiger charge is 2.41. The molecule has 0 saturated carbocycles. The second-order valence-electron chi connectivity index (χ2n) is 15.8. The topological polar surface area (TPSA) is 18.5 Å². The third-order valence-electron chi connectivity index (χ3n) is 12.8. The maximum absolute atomic E-state index is 7.10. The summed E-state index contributed by atoms with van der Waals surface area (Å²) in [5, 5.41) is 12.3. The van der Waals surface area contributed by atoms with Crippen LogP contribution < -0.4 is 25.9 Å². The van der Waals surface area contributed by atoms with E-state index in [1.807, 2.05) is 6.07 Å². The number of para-hydroxylation sites is 1. The minimum Gasteiger partial charge on any atom is -0.458 e. The van der Waals surface area contributed by atoms with Crippen LogP contribution in [-0.2, 0) is 0 Å². The van der Waals surface area contributed by atoms with Crippen LogP contribution in [0.4, 0.5) is 0 Å². The van der Waals surface area contributed by atoms with Crippen molar-refractivity contribution in [2.24, 2.45) is 0 Å². The molecule has 11 aromatic rings. The maximum Gasteiger partial charge on any atom is 0.260 e. The van der Waals surface area contributed by atoms with E-state index < -0.39 is 0 Å². The van der Waals surface area contributed by atoms with Gasteiger partial charge < -0.3 is 9.47 Å². The number of ether oxygens (including phenoxy) is 2. The van der Waals surface area contributed by atoms with Gasteiger partial charge in [0.05, 0.1) is 0 Å². The van der Waals surface area contributed by atoms with E-state index >= 15 is 0 Å². The molecule has 2 heterocycles. The van der Waals surface area contributed by atoms with Crippen LogP contribution in [0, 0.1) is 0 Å². The first kappa shape index (κ1) is 32.5. The molecule has 0 bridgehead atoms. The Morgan fingerprint density at radius 1 is 0.288 bits per heavy atom. The van der Waals surface area contributed by atoms with E-state index in [2.05, 4.69) is 194 Å². The number of fused-ring (bicyclic) bond motifs is 12. The molecule has 0 unspecified atom stereocenters. The number of hydrogen-bond donors (Lipinski definition) is 0. The molecule has 272 valence electrons. The lowest BCUT2D eigenvalue weighted by Gasteiger charge is -2.34. The van der Waals surface area contributed by atoms with Crippen LogP contribution in [0.5, 0.6) is 23.0 Å². The van der Waals surface area contributed by atoms with Gasteiger partial charge in [0.1, 0.15) is 23.0 Å². The molecule has 0 N–H and O–H groups in total. The van der Waals surface area contributed by atoms with Crippen molar-refractivity contribution in [3.63, 3.8) is 0 Å². The zero-order valence-corrected chi connectivity index (χ0v) is 31.9. The van der Waals surface area contributed by atoms with Crippen molar-refractivity contribution < 1.29 is 9.47 Å². The number of hydrogen-bond acceptors (Lipinski definition) is 2. The Balaban J connectivity index is 1.07. The lowest BCUT2D eigenvalue weighted by molar-refractivity contribution is 0.466. The van der Waals surface area contributed by atoms with Gasteiger partial charge in [0.15, 0.2) is 0 Å². The summed E-state index contributed by atoms with van der Waals surface area (Å²) in [6, 6.07) is 72.5. The zero-order valence-electron chi connectivity index (χ0n) is 31.9. The Morgan fingerprint density at radius 3 is 1.41 bits per heavy atom. The molecule has 0 atom stereocenters. The third-order valence-corrected chi connectivity index (χ3v) is 12.8. The first-order valence-corrected chi connectivity index (χ1v) is 20.4. The van der Waals surface area contributed by atoms with Crippen molar-refractivity contribution >= 4 is 77.0 Å². The van der Waals surface area contributed by atoms with Crippen LogP contribution in [0.25, 0.3) is 87.2 Å². The van der Waals surface area contributed by atoms with E-state index in [-0.39, 0.29) is 6.71 Å². The molecule has 0 fully saturated rings. The lowest BCUT2D eigenvalue weighted by Crippen LogP contribution is -2.57. The van der Waals surface area contributed by atoms with Gasteiger partial charge in [0.25, 0.3) is 6.71 Å². The Labute approximate surface area is 341 Å². The third kappa shape index (κ3) is 4.64. The van der Waals surface area contributed by atoms with Gasteiger partial charge >= 0.3 is 0 Å². The molecule has 59 heavy (non-hydrogen) atoms. The van der Waals surface area contributed by atoms with Crippen molar-refractivity contribution in [3.05, 3.63) is 200 Å². The molecule has 0 radical (unpaired) electrons. The van der Waals surface area contributed by atoms with Crippen molar-refractivity contribution in [1.82, 2.24) is 0 Å². The summed E-state index contributed by atoms with van der Waals surface area (Å²) < 4.78 is 13.9. The van der Waals surface area contributed by atoms with E-state index in [1.54, 1.807) is 0 Å². The Kier molecular flexibility index (Phi) is 6.85. The van der Waals surface area contributed by atoms with Crippen LogP contribution in [0.3, 0.4) is 0 Å². The average Bonchev–Trinajstić information content (AvgIpc) is 3.30. The summed E-state index contributed by atoms with van der Waals surface area (Å²) in [4.78, 5) is 0. The molecule has 13 rings (SSSR count). The molecule has 2 aliphatic heterocycles. The fourth-order valence-corrected chi connectivity index (χ4v) is 10.3. The quantitative estimate of drug-likeness (QED) is 0.102. The molecule has 0 aliphatic carbocycles. The van der Waals surface area contributed by atoms with Gasteiger partial charge in [0, 0.05) is 11.0 Å². The molecule has 2 nitrogen and oxygen atoms in total. The van der Waals surface area contributed by atoms with E-state index in [4.69, 9.17) is 9.47 Å². The number of rotatable bonds is 3. The maximum atomic E-state index is 7.10. The van der Waals surface area contributed by atoms with Crippen LogP contribution >= 0.6 is 0 Å². The zero-order chi connectivity index (χ0) is 38.6. The fourth-order valence-electron chi connectivity index (χ4n) is 10.3. The number of benzene rings is 11. The first-order valence-electron chi connectivity index (χ1n) is 20.4. The first-order chi connectivity index (χ1) is 29.3. The van der Waals surface area contributed by atoms with E-state index in [1.165, 1.54) is 76.1 Å². The van der Waals surface area contributed by atoms with Crippen molar-refractivity contribution in [2.45, 2.75) is 0 Å². The smallest absolute Gasteiger partial charge is 0.260 e. The Bertz CT molecular complexity index is 3510. The SMILES string of the molecule is c1ccc(-c2c3ccccc3c(-c3ccccc3-c3cccc4c3Oc3cccc5c3B4c3cc4c6ccccc6c6ccccc6c4cc3O5)c3ccccc23)cc1. The van der Waals surface area contributed by atoms with Crippen LogP contribution in [-0.4, -0.2) is 6.71 Å². The second kappa shape index (κ2) is 12.4. The van der Waals surface area contributed by atoms with Crippen molar-refractivity contribution in [1.29, 1.82) is 0 Å². The van der Waals surface area contributed by atoms with Crippen molar-refractivity contribution in [2.75, 3.05) is 0 Å². The normalized spacial score (nSPS) is 12.6. The van der Waals surface area contributed by atoms with Gasteiger partial charge in [-0.25, -0.2) is 0 Å². The minimum absolute atomic E-state index is 0.0812. The molecular weight excluding hydrogens is 715 g/mol. The molecule has 11 aromatic carbocycles. The summed E-state index contributed by atoms with van der Waals surface area (Å²) in [5.74, 6) is 3.46. The molecule has 3 heteroatoms. The molecule has 2 aliphatic rings. The van der Waals surface area contributed by atoms with E-state index in [0.29, 0.717) is 0 Å². The van der Waals surface area contributed by atoms with Gasteiger partial charge in [-0.05, 0) is 111 Å². The highest BCUT2D eigenvalue weighted by atomic mass is 16.5. The summed E-state index contributed by atoms with van der Waals surface area (Å²) in [7, 11) is 0.